The van der Waals surface area contributed by atoms with Gasteiger partial charge in [0.2, 0.25) is 0 Å². The SMILES string of the molecule is CC.CCOC(=O)NC(=NC1CCc2c(-c3cncnc3)ccc(OC)c2C1)OC. The Labute approximate surface area is 177 Å². The summed E-state index contributed by atoms with van der Waals surface area (Å²) in [6.07, 6.45) is 6.88. The van der Waals surface area contributed by atoms with Crippen LogP contribution in [0.25, 0.3) is 11.1 Å². The zero-order chi connectivity index (χ0) is 21.9. The molecule has 30 heavy (non-hydrogen) atoms. The third-order valence-electron chi connectivity index (χ3n) is 4.62. The van der Waals surface area contributed by atoms with Crippen LogP contribution in [0.4, 0.5) is 4.79 Å². The lowest BCUT2D eigenvalue weighted by Crippen LogP contribution is -2.34. The van der Waals surface area contributed by atoms with E-state index in [2.05, 4.69) is 20.3 Å². The molecule has 0 bridgehead atoms. The smallest absolute Gasteiger partial charge is 0.415 e. The van der Waals surface area contributed by atoms with Crippen molar-refractivity contribution < 1.29 is 19.0 Å². The minimum Gasteiger partial charge on any atom is -0.496 e. The molecule has 3 rings (SSSR count). The van der Waals surface area contributed by atoms with E-state index in [1.165, 1.54) is 19.0 Å². The standard InChI is InChI=1S/C20H24N4O4.C2H6/c1-4-28-20(25)24-19(27-3)23-14-5-6-16-15(13-10-21-12-22-11-13)7-8-18(26-2)17(16)9-14;1-2/h7-8,10-12,14H,4-6,9H2,1-3H3,(H,23,24,25);1-2H3. The van der Waals surface area contributed by atoms with Crippen molar-refractivity contribution in [3.63, 3.8) is 0 Å². The van der Waals surface area contributed by atoms with Gasteiger partial charge in [-0.3, -0.25) is 0 Å². The molecule has 1 unspecified atom stereocenters. The Balaban J connectivity index is 0.00000155. The number of alkyl carbamates (subject to hydrolysis) is 1. The van der Waals surface area contributed by atoms with Crippen molar-refractivity contribution >= 4 is 12.1 Å². The molecule has 2 aromatic rings. The van der Waals surface area contributed by atoms with Gasteiger partial charge in [-0.05, 0) is 43.4 Å². The quantitative estimate of drug-likeness (QED) is 0.604. The maximum absolute atomic E-state index is 11.6. The first-order valence-corrected chi connectivity index (χ1v) is 10.2. The van der Waals surface area contributed by atoms with E-state index in [9.17, 15) is 4.79 Å². The maximum Gasteiger partial charge on any atom is 0.415 e. The van der Waals surface area contributed by atoms with Crippen LogP contribution < -0.4 is 10.1 Å². The van der Waals surface area contributed by atoms with Gasteiger partial charge in [0, 0.05) is 23.5 Å². The number of ether oxygens (including phenoxy) is 3. The summed E-state index contributed by atoms with van der Waals surface area (Å²) >= 11 is 0. The Morgan fingerprint density at radius 3 is 2.57 bits per heavy atom. The van der Waals surface area contributed by atoms with E-state index in [1.807, 2.05) is 38.4 Å². The van der Waals surface area contributed by atoms with Gasteiger partial charge < -0.3 is 14.2 Å². The summed E-state index contributed by atoms with van der Waals surface area (Å²) in [7, 11) is 3.13. The third kappa shape index (κ3) is 5.68. The second-order valence-corrected chi connectivity index (χ2v) is 6.28. The third-order valence-corrected chi connectivity index (χ3v) is 4.62. The molecule has 1 aliphatic carbocycles. The minimum absolute atomic E-state index is 0.0412. The van der Waals surface area contributed by atoms with Crippen molar-refractivity contribution in [2.75, 3.05) is 20.8 Å². The first-order valence-electron chi connectivity index (χ1n) is 10.2. The van der Waals surface area contributed by atoms with Crippen molar-refractivity contribution in [3.8, 4) is 16.9 Å². The van der Waals surface area contributed by atoms with Crippen LogP contribution in [0.15, 0.2) is 35.8 Å². The highest BCUT2D eigenvalue weighted by Gasteiger charge is 2.25. The zero-order valence-corrected chi connectivity index (χ0v) is 18.3. The topological polar surface area (TPSA) is 94.9 Å². The van der Waals surface area contributed by atoms with Gasteiger partial charge in [0.25, 0.3) is 6.02 Å². The lowest BCUT2D eigenvalue weighted by atomic mass is 9.83. The van der Waals surface area contributed by atoms with E-state index in [4.69, 9.17) is 14.2 Å². The van der Waals surface area contributed by atoms with Crippen LogP contribution in [-0.4, -0.2) is 49.0 Å². The lowest BCUT2D eigenvalue weighted by Gasteiger charge is -2.26. The largest absolute Gasteiger partial charge is 0.496 e. The maximum atomic E-state index is 11.6. The first-order chi connectivity index (χ1) is 14.7. The van der Waals surface area contributed by atoms with Crippen LogP contribution in [0.1, 0.15) is 38.3 Å². The van der Waals surface area contributed by atoms with E-state index in [0.29, 0.717) is 6.42 Å². The molecule has 8 heteroatoms. The number of aliphatic imine (C=N–C) groups is 1. The second kappa shape index (κ2) is 11.7. The Bertz CT molecular complexity index is 856. The van der Waals surface area contributed by atoms with Gasteiger partial charge in [0.1, 0.15) is 12.1 Å². The monoisotopic (exact) mass is 414 g/mol. The average Bonchev–Trinajstić information content (AvgIpc) is 2.79. The van der Waals surface area contributed by atoms with Crippen LogP contribution >= 0.6 is 0 Å². The first kappa shape index (κ1) is 23.1. The average molecular weight is 415 g/mol. The van der Waals surface area contributed by atoms with Gasteiger partial charge in [0.15, 0.2) is 0 Å². The molecule has 1 aromatic carbocycles. The molecule has 1 atom stereocenters. The number of nitrogens with one attached hydrogen (secondary N) is 1. The van der Waals surface area contributed by atoms with Gasteiger partial charge in [-0.15, -0.1) is 0 Å². The van der Waals surface area contributed by atoms with Crippen LogP contribution in [-0.2, 0) is 22.3 Å². The fourth-order valence-electron chi connectivity index (χ4n) is 3.40. The number of amidine groups is 1. The van der Waals surface area contributed by atoms with Crippen LogP contribution in [0.2, 0.25) is 0 Å². The van der Waals surface area contributed by atoms with Crippen molar-refractivity contribution in [1.82, 2.24) is 15.3 Å². The number of rotatable bonds is 4. The number of benzene rings is 1. The van der Waals surface area contributed by atoms with Gasteiger partial charge >= 0.3 is 6.09 Å². The normalized spacial score (nSPS) is 15.2. The van der Waals surface area contributed by atoms with E-state index in [0.717, 1.165) is 35.3 Å². The zero-order valence-electron chi connectivity index (χ0n) is 18.3. The molecule has 1 aliphatic rings. The molecule has 8 nitrogen and oxygen atoms in total. The number of amides is 1. The highest BCUT2D eigenvalue weighted by Crippen LogP contribution is 2.37. The number of carbonyl (C=O) groups excluding carboxylic acids is 1. The van der Waals surface area contributed by atoms with Crippen molar-refractivity contribution in [2.45, 2.75) is 46.1 Å². The van der Waals surface area contributed by atoms with Crippen LogP contribution in [0.5, 0.6) is 5.75 Å². The van der Waals surface area contributed by atoms with E-state index < -0.39 is 6.09 Å². The predicted molar refractivity (Wildman–Crippen MR) is 116 cm³/mol. The number of fused-ring (bicyclic) bond motifs is 1. The molecular weight excluding hydrogens is 384 g/mol. The van der Waals surface area contributed by atoms with Crippen LogP contribution in [0, 0.1) is 0 Å². The minimum atomic E-state index is -0.580. The molecule has 0 saturated heterocycles. The number of hydrogen-bond donors (Lipinski definition) is 1. The number of nitrogens with zero attached hydrogens (tertiary/aromatic N) is 3. The molecule has 1 amide bonds. The summed E-state index contributed by atoms with van der Waals surface area (Å²) < 4.78 is 15.7. The summed E-state index contributed by atoms with van der Waals surface area (Å²) in [4.78, 5) is 24.4. The highest BCUT2D eigenvalue weighted by atomic mass is 16.6. The Hall–Kier alpha value is -3.16. The van der Waals surface area contributed by atoms with Gasteiger partial charge in [0.05, 0.1) is 26.9 Å². The number of methoxy groups -OCH3 is 2. The van der Waals surface area contributed by atoms with Gasteiger partial charge in [-0.1, -0.05) is 19.9 Å². The molecule has 0 aliphatic heterocycles. The van der Waals surface area contributed by atoms with E-state index in [-0.39, 0.29) is 18.7 Å². The molecule has 1 aromatic heterocycles. The number of hydrogen-bond acceptors (Lipinski definition) is 7. The summed E-state index contributed by atoms with van der Waals surface area (Å²) in [6.45, 7) is 6.02. The summed E-state index contributed by atoms with van der Waals surface area (Å²) in [5, 5.41) is 2.52. The fraction of sp³-hybridized carbons (Fsp3) is 0.455. The Kier molecular flexibility index (Phi) is 9.05. The van der Waals surface area contributed by atoms with Crippen molar-refractivity contribution in [3.05, 3.63) is 42.0 Å². The van der Waals surface area contributed by atoms with E-state index >= 15 is 0 Å². The molecule has 162 valence electrons. The number of carbonyl (C=O) groups is 1. The highest BCUT2D eigenvalue weighted by molar-refractivity contribution is 5.90. The Morgan fingerprint density at radius 1 is 1.20 bits per heavy atom. The van der Waals surface area contributed by atoms with Gasteiger partial charge in [-0.2, -0.15) is 0 Å². The fourth-order valence-corrected chi connectivity index (χ4v) is 3.40. The molecule has 0 spiro atoms. The summed E-state index contributed by atoms with van der Waals surface area (Å²) in [5.74, 6) is 0.827. The van der Waals surface area contributed by atoms with Gasteiger partial charge in [-0.25, -0.2) is 25.1 Å². The predicted octanol–water partition coefficient (Wildman–Crippen LogP) is 3.78. The van der Waals surface area contributed by atoms with Crippen molar-refractivity contribution in [2.24, 2.45) is 4.99 Å². The second-order valence-electron chi connectivity index (χ2n) is 6.28. The molecule has 0 saturated carbocycles. The lowest BCUT2D eigenvalue weighted by molar-refractivity contribution is 0.155. The van der Waals surface area contributed by atoms with Crippen molar-refractivity contribution in [1.29, 1.82) is 0 Å². The summed E-state index contributed by atoms with van der Waals surface area (Å²) in [6, 6.07) is 4.11. The van der Waals surface area contributed by atoms with Crippen LogP contribution in [0.3, 0.4) is 0 Å². The molecule has 1 heterocycles. The van der Waals surface area contributed by atoms with E-state index in [1.54, 1.807) is 14.0 Å². The molecule has 0 radical (unpaired) electrons. The number of aromatic nitrogens is 2. The molecular formula is C22H30N4O4. The Morgan fingerprint density at radius 2 is 1.93 bits per heavy atom. The summed E-state index contributed by atoms with van der Waals surface area (Å²) in [5.41, 5.74) is 4.41. The molecule has 0 fully saturated rings. The molecule has 1 N–H and O–H groups in total.